The summed E-state index contributed by atoms with van der Waals surface area (Å²) in [7, 11) is -4.15. The van der Waals surface area contributed by atoms with Gasteiger partial charge in [0.2, 0.25) is 5.13 Å². The fourth-order valence-corrected chi connectivity index (χ4v) is 2.90. The summed E-state index contributed by atoms with van der Waals surface area (Å²) >= 11 is 0.913. The monoisotopic (exact) mass is 258 g/mol. The number of benzene rings is 1. The zero-order valence-electron chi connectivity index (χ0n) is 7.95. The Morgan fingerprint density at radius 2 is 1.94 bits per heavy atom. The van der Waals surface area contributed by atoms with E-state index in [1.807, 2.05) is 0 Å². The zero-order valence-corrected chi connectivity index (χ0v) is 9.58. The number of halogens is 1. The Hall–Kier alpha value is -1.47. The molecule has 0 spiro atoms. The highest BCUT2D eigenvalue weighted by atomic mass is 32.2. The minimum atomic E-state index is -4.15. The molecule has 0 atom stereocenters. The molecule has 1 heterocycles. The molecule has 84 valence electrons. The molecule has 0 aliphatic heterocycles. The number of thiazole rings is 1. The van der Waals surface area contributed by atoms with Gasteiger partial charge in [-0.15, -0.1) is 11.3 Å². The summed E-state index contributed by atoms with van der Waals surface area (Å²) in [5, 5.41) is 1.30. The summed E-state index contributed by atoms with van der Waals surface area (Å²) in [6, 6.07) is 7.38. The molecule has 1 aromatic carbocycles. The van der Waals surface area contributed by atoms with Crippen LogP contribution < -0.4 is 4.53 Å². The molecule has 16 heavy (non-hydrogen) atoms. The number of sulfonamides is 1. The second-order valence-electron chi connectivity index (χ2n) is 2.85. The fraction of sp³-hybridized carbons (Fsp3) is 0. The van der Waals surface area contributed by atoms with Crippen LogP contribution in [0.5, 0.6) is 0 Å². The molecule has 1 aromatic heterocycles. The Balaban J connectivity index is 2.41. The molecule has 0 aliphatic carbocycles. The van der Waals surface area contributed by atoms with Crippen molar-refractivity contribution in [1.29, 1.82) is 0 Å². The SMILES string of the molecule is O=S(=O)(c1ccccc1)N(F)c1nccs1. The Morgan fingerprint density at radius 1 is 1.25 bits per heavy atom. The van der Waals surface area contributed by atoms with E-state index in [9.17, 15) is 12.9 Å². The van der Waals surface area contributed by atoms with Gasteiger partial charge in [0.05, 0.1) is 4.90 Å². The Labute approximate surface area is 96.0 Å². The van der Waals surface area contributed by atoms with Gasteiger partial charge in [-0.05, 0) is 12.1 Å². The van der Waals surface area contributed by atoms with Crippen molar-refractivity contribution in [2.75, 3.05) is 4.53 Å². The molecule has 0 amide bonds. The molecule has 0 saturated carbocycles. The van der Waals surface area contributed by atoms with Gasteiger partial charge in [-0.3, -0.25) is 0 Å². The van der Waals surface area contributed by atoms with Gasteiger partial charge in [-0.25, -0.2) is 4.98 Å². The van der Waals surface area contributed by atoms with Gasteiger partial charge in [0.25, 0.3) is 10.0 Å². The first kappa shape index (κ1) is 11.0. The lowest BCUT2D eigenvalue weighted by Gasteiger charge is -2.10. The molecular weight excluding hydrogens is 251 g/mol. The van der Waals surface area contributed by atoms with E-state index in [0.29, 0.717) is 0 Å². The molecule has 2 aromatic rings. The van der Waals surface area contributed by atoms with Gasteiger partial charge in [-0.2, -0.15) is 8.42 Å². The summed E-state index contributed by atoms with van der Waals surface area (Å²) in [4.78, 5) is 3.49. The number of hydrogen-bond donors (Lipinski definition) is 0. The average molecular weight is 258 g/mol. The first-order chi connectivity index (χ1) is 7.62. The highest BCUT2D eigenvalue weighted by Crippen LogP contribution is 2.25. The van der Waals surface area contributed by atoms with E-state index in [-0.39, 0.29) is 14.6 Å². The minimum absolute atomic E-state index is 0.104. The van der Waals surface area contributed by atoms with E-state index in [1.165, 1.54) is 35.8 Å². The lowest BCUT2D eigenvalue weighted by Crippen LogP contribution is -2.22. The molecule has 4 nitrogen and oxygen atoms in total. The van der Waals surface area contributed by atoms with Crippen molar-refractivity contribution in [1.82, 2.24) is 4.98 Å². The van der Waals surface area contributed by atoms with Crippen molar-refractivity contribution in [3.8, 4) is 0 Å². The van der Waals surface area contributed by atoms with Gasteiger partial charge in [0.1, 0.15) is 0 Å². The summed E-state index contributed by atoms with van der Waals surface area (Å²) in [6.07, 6.45) is 1.34. The predicted molar refractivity (Wildman–Crippen MR) is 59.3 cm³/mol. The van der Waals surface area contributed by atoms with Crippen molar-refractivity contribution in [3.05, 3.63) is 41.9 Å². The summed E-state index contributed by atoms with van der Waals surface area (Å²) in [6.45, 7) is 0. The van der Waals surface area contributed by atoms with Gasteiger partial charge < -0.3 is 0 Å². The van der Waals surface area contributed by atoms with Gasteiger partial charge in [-0.1, -0.05) is 27.2 Å². The van der Waals surface area contributed by atoms with Crippen molar-refractivity contribution in [2.24, 2.45) is 0 Å². The number of rotatable bonds is 3. The molecular formula is C9H7FN2O2S2. The number of nitrogens with zero attached hydrogens (tertiary/aromatic N) is 2. The first-order valence-electron chi connectivity index (χ1n) is 4.28. The van der Waals surface area contributed by atoms with Crippen LogP contribution in [0, 0.1) is 0 Å². The lowest BCUT2D eigenvalue weighted by molar-refractivity contribution is 0.494. The van der Waals surface area contributed by atoms with Crippen LogP contribution in [0.2, 0.25) is 0 Å². The van der Waals surface area contributed by atoms with Crippen molar-refractivity contribution >= 4 is 26.5 Å². The lowest BCUT2D eigenvalue weighted by atomic mass is 10.4. The fourth-order valence-electron chi connectivity index (χ4n) is 1.09. The standard InChI is InChI=1S/C9H7FN2O2S2/c10-12(9-11-6-7-15-9)16(13,14)8-4-2-1-3-5-8/h1-7H. The van der Waals surface area contributed by atoms with Crippen LogP contribution >= 0.6 is 11.3 Å². The van der Waals surface area contributed by atoms with E-state index >= 15 is 0 Å². The van der Waals surface area contributed by atoms with E-state index in [0.717, 1.165) is 11.3 Å². The minimum Gasteiger partial charge on any atom is -0.226 e. The topological polar surface area (TPSA) is 50.3 Å². The van der Waals surface area contributed by atoms with Crippen LogP contribution in [0.4, 0.5) is 9.61 Å². The average Bonchev–Trinajstić information content (AvgIpc) is 2.82. The maximum absolute atomic E-state index is 13.6. The van der Waals surface area contributed by atoms with Crippen molar-refractivity contribution in [2.45, 2.75) is 4.90 Å². The van der Waals surface area contributed by atoms with Crippen LogP contribution in [0.3, 0.4) is 0 Å². The quantitative estimate of drug-likeness (QED) is 0.793. The summed E-state index contributed by atoms with van der Waals surface area (Å²) in [5.74, 6) is 0. The molecule has 0 radical (unpaired) electrons. The maximum Gasteiger partial charge on any atom is 0.292 e. The smallest absolute Gasteiger partial charge is 0.226 e. The highest BCUT2D eigenvalue weighted by Gasteiger charge is 2.26. The molecule has 0 unspecified atom stereocenters. The van der Waals surface area contributed by atoms with Crippen LogP contribution in [-0.4, -0.2) is 13.4 Å². The highest BCUT2D eigenvalue weighted by molar-refractivity contribution is 7.92. The number of hydrogen-bond acceptors (Lipinski definition) is 4. The summed E-state index contributed by atoms with van der Waals surface area (Å²) in [5.41, 5.74) is 0. The van der Waals surface area contributed by atoms with E-state index < -0.39 is 10.0 Å². The third kappa shape index (κ3) is 1.91. The predicted octanol–water partition coefficient (Wildman–Crippen LogP) is 2.22. The van der Waals surface area contributed by atoms with Crippen LogP contribution in [0.25, 0.3) is 0 Å². The second-order valence-corrected chi connectivity index (χ2v) is 5.46. The van der Waals surface area contributed by atoms with E-state index in [1.54, 1.807) is 6.07 Å². The van der Waals surface area contributed by atoms with Crippen molar-refractivity contribution in [3.63, 3.8) is 0 Å². The normalized spacial score (nSPS) is 11.3. The summed E-state index contributed by atoms with van der Waals surface area (Å²) < 4.78 is 36.8. The molecule has 0 bridgehead atoms. The third-order valence-corrected chi connectivity index (χ3v) is 4.13. The third-order valence-electron chi connectivity index (χ3n) is 1.82. The molecule has 2 rings (SSSR count). The van der Waals surface area contributed by atoms with Gasteiger partial charge in [0, 0.05) is 11.6 Å². The Kier molecular flexibility index (Phi) is 2.88. The number of aromatic nitrogens is 1. The van der Waals surface area contributed by atoms with Gasteiger partial charge >= 0.3 is 0 Å². The Bertz CT molecular complexity index is 554. The van der Waals surface area contributed by atoms with E-state index in [4.69, 9.17) is 0 Å². The van der Waals surface area contributed by atoms with Gasteiger partial charge in [0.15, 0.2) is 0 Å². The van der Waals surface area contributed by atoms with E-state index in [2.05, 4.69) is 4.98 Å². The maximum atomic E-state index is 13.6. The van der Waals surface area contributed by atoms with Crippen LogP contribution in [-0.2, 0) is 10.0 Å². The molecule has 0 aliphatic rings. The van der Waals surface area contributed by atoms with Crippen LogP contribution in [0.15, 0.2) is 46.8 Å². The molecule has 0 fully saturated rings. The molecule has 0 N–H and O–H groups in total. The second kappa shape index (κ2) is 4.18. The molecule has 7 heteroatoms. The number of anilines is 1. The van der Waals surface area contributed by atoms with Crippen molar-refractivity contribution < 1.29 is 12.9 Å². The van der Waals surface area contributed by atoms with Crippen LogP contribution in [0.1, 0.15) is 0 Å². The Morgan fingerprint density at radius 3 is 2.50 bits per heavy atom. The zero-order chi connectivity index (χ0) is 11.6. The molecule has 0 saturated heterocycles. The largest absolute Gasteiger partial charge is 0.292 e. The first-order valence-corrected chi connectivity index (χ1v) is 6.60.